The summed E-state index contributed by atoms with van der Waals surface area (Å²) in [6.45, 7) is -0.534. The second-order valence-electron chi connectivity index (χ2n) is 5.24. The van der Waals surface area contributed by atoms with Crippen molar-refractivity contribution in [2.24, 2.45) is 0 Å². The molecule has 1 fully saturated rings. The fourth-order valence-corrected chi connectivity index (χ4v) is 2.18. The molecule has 0 aliphatic carbocycles. The lowest BCUT2D eigenvalue weighted by molar-refractivity contribution is -0.280. The molecule has 23 heavy (non-hydrogen) atoms. The number of ether oxygens (including phenoxy) is 1. The first kappa shape index (κ1) is 19.7. The molecular weight excluding hydrogens is 316 g/mol. The number of rotatable bonds is 9. The highest BCUT2D eigenvalue weighted by molar-refractivity contribution is 5.72. The highest BCUT2D eigenvalue weighted by Gasteiger charge is 2.42. The highest BCUT2D eigenvalue weighted by Crippen LogP contribution is 2.19. The fraction of sp³-hybridized carbons (Fsp3) is 0.833. The third-order valence-electron chi connectivity index (χ3n) is 3.36. The van der Waals surface area contributed by atoms with Crippen molar-refractivity contribution in [3.05, 3.63) is 0 Å². The summed E-state index contributed by atoms with van der Waals surface area (Å²) < 4.78 is 4.95. The SMILES string of the molecule is O=C(O)CN(CCNCC1O[C@@H](O)C(O)[C@@H](O)[C@@H]1O)CC(=O)O. The quantitative estimate of drug-likeness (QED) is 0.203. The van der Waals surface area contributed by atoms with Gasteiger partial charge in [0.05, 0.1) is 13.1 Å². The van der Waals surface area contributed by atoms with Gasteiger partial charge in [0.15, 0.2) is 6.29 Å². The normalized spacial score (nSPS) is 31.3. The first-order valence-corrected chi connectivity index (χ1v) is 6.96. The predicted octanol–water partition coefficient (Wildman–Crippen LogP) is -4.15. The Kier molecular flexibility index (Phi) is 7.78. The number of carboxylic acids is 2. The third kappa shape index (κ3) is 6.35. The number of aliphatic hydroxyl groups excluding tert-OH is 4. The van der Waals surface area contributed by atoms with Crippen LogP contribution in [0, 0.1) is 0 Å². The van der Waals surface area contributed by atoms with Gasteiger partial charge in [0.1, 0.15) is 24.4 Å². The summed E-state index contributed by atoms with van der Waals surface area (Å²) in [6.07, 6.45) is -7.18. The molecule has 0 aromatic rings. The Morgan fingerprint density at radius 3 is 2.04 bits per heavy atom. The van der Waals surface area contributed by atoms with Crippen LogP contribution in [0.5, 0.6) is 0 Å². The second kappa shape index (κ2) is 9.08. The van der Waals surface area contributed by atoms with Crippen LogP contribution < -0.4 is 5.32 Å². The van der Waals surface area contributed by atoms with Crippen LogP contribution in [0.15, 0.2) is 0 Å². The van der Waals surface area contributed by atoms with E-state index in [0.29, 0.717) is 0 Å². The van der Waals surface area contributed by atoms with Gasteiger partial charge in [-0.15, -0.1) is 0 Å². The molecule has 0 bridgehead atoms. The maximum atomic E-state index is 10.6. The largest absolute Gasteiger partial charge is 0.480 e. The second-order valence-corrected chi connectivity index (χ2v) is 5.24. The van der Waals surface area contributed by atoms with E-state index in [1.807, 2.05) is 0 Å². The van der Waals surface area contributed by atoms with E-state index >= 15 is 0 Å². The van der Waals surface area contributed by atoms with Crippen molar-refractivity contribution in [1.82, 2.24) is 10.2 Å². The zero-order valence-corrected chi connectivity index (χ0v) is 12.3. The molecule has 11 heteroatoms. The van der Waals surface area contributed by atoms with Crippen molar-refractivity contribution in [2.45, 2.75) is 30.7 Å². The van der Waals surface area contributed by atoms with E-state index in [0.717, 1.165) is 0 Å². The van der Waals surface area contributed by atoms with Crippen LogP contribution in [0.25, 0.3) is 0 Å². The van der Waals surface area contributed by atoms with Gasteiger partial charge in [-0.1, -0.05) is 0 Å². The molecule has 1 aliphatic heterocycles. The number of carboxylic acid groups (broad SMARTS) is 2. The van der Waals surface area contributed by atoms with Crippen molar-refractivity contribution < 1.29 is 45.0 Å². The summed E-state index contributed by atoms with van der Waals surface area (Å²) in [5.41, 5.74) is 0. The molecule has 0 aromatic carbocycles. The Hall–Kier alpha value is -1.34. The van der Waals surface area contributed by atoms with E-state index in [2.05, 4.69) is 5.32 Å². The van der Waals surface area contributed by atoms with Gasteiger partial charge >= 0.3 is 11.9 Å². The number of carbonyl (C=O) groups is 2. The summed E-state index contributed by atoms with van der Waals surface area (Å²) in [5, 5.41) is 58.1. The molecule has 134 valence electrons. The van der Waals surface area contributed by atoms with Crippen molar-refractivity contribution >= 4 is 11.9 Å². The van der Waals surface area contributed by atoms with E-state index in [-0.39, 0.29) is 19.6 Å². The monoisotopic (exact) mass is 338 g/mol. The van der Waals surface area contributed by atoms with Crippen molar-refractivity contribution in [2.75, 3.05) is 32.7 Å². The molecule has 0 saturated carbocycles. The molecule has 0 spiro atoms. The summed E-state index contributed by atoms with van der Waals surface area (Å²) in [5.74, 6) is -2.31. The van der Waals surface area contributed by atoms with Crippen LogP contribution in [0.4, 0.5) is 0 Å². The van der Waals surface area contributed by atoms with Crippen molar-refractivity contribution in [3.8, 4) is 0 Å². The van der Waals surface area contributed by atoms with Crippen LogP contribution in [-0.4, -0.2) is 111 Å². The van der Waals surface area contributed by atoms with Gasteiger partial charge < -0.3 is 40.7 Å². The number of aliphatic hydroxyl groups is 4. The molecular formula is C12H22N2O9. The number of aliphatic carboxylic acids is 2. The summed E-state index contributed by atoms with van der Waals surface area (Å²) in [6, 6.07) is 0. The summed E-state index contributed by atoms with van der Waals surface area (Å²) >= 11 is 0. The summed E-state index contributed by atoms with van der Waals surface area (Å²) in [4.78, 5) is 22.5. The lowest BCUT2D eigenvalue weighted by atomic mass is 9.99. The van der Waals surface area contributed by atoms with Gasteiger partial charge in [0.25, 0.3) is 0 Å². The van der Waals surface area contributed by atoms with E-state index in [1.165, 1.54) is 4.90 Å². The van der Waals surface area contributed by atoms with E-state index in [1.54, 1.807) is 0 Å². The lowest BCUT2D eigenvalue weighted by Crippen LogP contribution is -2.59. The Morgan fingerprint density at radius 1 is 0.957 bits per heavy atom. The van der Waals surface area contributed by atoms with Crippen molar-refractivity contribution in [3.63, 3.8) is 0 Å². The van der Waals surface area contributed by atoms with E-state index in [9.17, 15) is 30.0 Å². The minimum Gasteiger partial charge on any atom is -0.480 e. The minimum absolute atomic E-state index is 0.00991. The smallest absolute Gasteiger partial charge is 0.317 e. The van der Waals surface area contributed by atoms with Gasteiger partial charge in [-0.3, -0.25) is 14.5 Å². The van der Waals surface area contributed by atoms with E-state index < -0.39 is 55.7 Å². The molecule has 0 aromatic heterocycles. The van der Waals surface area contributed by atoms with Gasteiger partial charge in [0, 0.05) is 19.6 Å². The lowest BCUT2D eigenvalue weighted by Gasteiger charge is -2.38. The predicted molar refractivity (Wildman–Crippen MR) is 73.5 cm³/mol. The van der Waals surface area contributed by atoms with Crippen LogP contribution >= 0.6 is 0 Å². The number of nitrogens with zero attached hydrogens (tertiary/aromatic N) is 1. The Bertz CT molecular complexity index is 392. The molecule has 0 radical (unpaired) electrons. The number of nitrogens with one attached hydrogen (secondary N) is 1. The number of hydrogen-bond acceptors (Lipinski definition) is 9. The van der Waals surface area contributed by atoms with Gasteiger partial charge in [0.2, 0.25) is 0 Å². The van der Waals surface area contributed by atoms with Gasteiger partial charge in [-0.05, 0) is 0 Å². The molecule has 11 nitrogen and oxygen atoms in total. The van der Waals surface area contributed by atoms with Crippen molar-refractivity contribution in [1.29, 1.82) is 0 Å². The molecule has 5 atom stereocenters. The first-order valence-electron chi connectivity index (χ1n) is 6.96. The maximum absolute atomic E-state index is 10.6. The Labute approximate surface area is 131 Å². The molecule has 1 saturated heterocycles. The van der Waals surface area contributed by atoms with Gasteiger partial charge in [-0.2, -0.15) is 0 Å². The molecule has 1 heterocycles. The van der Waals surface area contributed by atoms with Crippen LogP contribution in [0.1, 0.15) is 0 Å². The Balaban J connectivity index is 2.37. The molecule has 0 amide bonds. The minimum atomic E-state index is -1.63. The zero-order valence-electron chi connectivity index (χ0n) is 12.3. The maximum Gasteiger partial charge on any atom is 0.317 e. The molecule has 7 N–H and O–H groups in total. The average molecular weight is 338 g/mol. The van der Waals surface area contributed by atoms with Crippen LogP contribution in [-0.2, 0) is 14.3 Å². The van der Waals surface area contributed by atoms with Crippen LogP contribution in [0.2, 0.25) is 0 Å². The highest BCUT2D eigenvalue weighted by atomic mass is 16.6. The topological polar surface area (TPSA) is 180 Å². The average Bonchev–Trinajstić information content (AvgIpc) is 2.45. The molecule has 1 rings (SSSR count). The fourth-order valence-electron chi connectivity index (χ4n) is 2.18. The molecule has 1 aliphatic rings. The molecule has 2 unspecified atom stereocenters. The van der Waals surface area contributed by atoms with E-state index in [4.69, 9.17) is 14.9 Å². The standard InChI is InChI=1S/C12H22N2O9/c15-7(16)4-14(5-8(17)18)2-1-13-3-6-9(19)10(20)11(21)12(22)23-6/h6,9-13,19-22H,1-5H2,(H,15,16)(H,17,18)/t6?,9-,10+,11?,12-/m1/s1. The number of hydrogen-bond donors (Lipinski definition) is 7. The van der Waals surface area contributed by atoms with Crippen LogP contribution in [0.3, 0.4) is 0 Å². The van der Waals surface area contributed by atoms with Gasteiger partial charge in [-0.25, -0.2) is 0 Å². The zero-order chi connectivity index (χ0) is 17.6. The first-order chi connectivity index (χ1) is 10.7. The third-order valence-corrected chi connectivity index (χ3v) is 3.36. The Morgan fingerprint density at radius 2 is 1.52 bits per heavy atom. The summed E-state index contributed by atoms with van der Waals surface area (Å²) in [7, 11) is 0.